The Morgan fingerprint density at radius 3 is 2.57 bits per heavy atom. The van der Waals surface area contributed by atoms with Crippen molar-refractivity contribution in [3.63, 3.8) is 0 Å². The first-order valence-corrected chi connectivity index (χ1v) is 8.82. The van der Waals surface area contributed by atoms with E-state index in [1.165, 1.54) is 24.3 Å². The molecule has 1 atom stereocenters. The first-order valence-electron chi connectivity index (χ1n) is 7.12. The maximum atomic E-state index is 14.1. The number of benzene rings is 2. The molecule has 0 spiro atoms. The zero-order valence-electron chi connectivity index (χ0n) is 12.0. The van der Waals surface area contributed by atoms with Gasteiger partial charge in [-0.3, -0.25) is 4.79 Å². The Hall–Kier alpha value is -2.71. The summed E-state index contributed by atoms with van der Waals surface area (Å²) in [5.41, 5.74) is 1.09. The minimum Gasteiger partial charge on any atom is -0.508 e. The molecular weight excluding hydrogens is 309 g/mol. The molecule has 1 aliphatic heterocycles. The first-order chi connectivity index (χ1) is 11.1. The van der Waals surface area contributed by atoms with Crippen molar-refractivity contribution in [3.05, 3.63) is 72.1 Å². The predicted molar refractivity (Wildman–Crippen MR) is 90.7 cm³/mol. The number of nitrogens with zero attached hydrogens (tertiary/aromatic N) is 1. The molecule has 0 fully saturated rings. The van der Waals surface area contributed by atoms with E-state index in [4.69, 9.17) is 0 Å². The van der Waals surface area contributed by atoms with Crippen molar-refractivity contribution >= 4 is 34.9 Å². The predicted octanol–water partition coefficient (Wildman–Crippen LogP) is 2.82. The van der Waals surface area contributed by atoms with E-state index in [1.54, 1.807) is 24.3 Å². The van der Waals surface area contributed by atoms with Crippen LogP contribution < -0.4 is 10.6 Å². The highest BCUT2D eigenvalue weighted by Gasteiger charge is 2.40. The lowest BCUT2D eigenvalue weighted by Gasteiger charge is -2.28. The van der Waals surface area contributed by atoms with E-state index in [9.17, 15) is 14.5 Å². The highest BCUT2D eigenvalue weighted by molar-refractivity contribution is 7.84. The van der Waals surface area contributed by atoms with Crippen molar-refractivity contribution in [3.8, 4) is 5.75 Å². The van der Waals surface area contributed by atoms with Gasteiger partial charge in [0.1, 0.15) is 5.75 Å². The molecule has 0 amide bonds. The van der Waals surface area contributed by atoms with Gasteiger partial charge in [-0.15, -0.1) is 0 Å². The van der Waals surface area contributed by atoms with Crippen LogP contribution in [0.4, 0.5) is 5.69 Å². The third-order valence-corrected chi connectivity index (χ3v) is 7.04. The van der Waals surface area contributed by atoms with Crippen LogP contribution in [0.3, 0.4) is 0 Å². The lowest BCUT2D eigenvalue weighted by atomic mass is 10.1. The minimum atomic E-state index is -3.25. The van der Waals surface area contributed by atoms with E-state index in [0.717, 1.165) is 0 Å². The molecule has 0 saturated carbocycles. The molecule has 0 radical (unpaired) electrons. The fourth-order valence-corrected chi connectivity index (χ4v) is 5.81. The molecule has 2 aliphatic rings. The molecule has 0 bridgehead atoms. The summed E-state index contributed by atoms with van der Waals surface area (Å²) >= 11 is 0. The van der Waals surface area contributed by atoms with E-state index in [2.05, 4.69) is 4.99 Å². The average Bonchev–Trinajstić information content (AvgIpc) is 2.57. The molecule has 1 heterocycles. The van der Waals surface area contributed by atoms with Crippen LogP contribution in [0, 0.1) is 0 Å². The van der Waals surface area contributed by atoms with E-state index < -0.39 is 7.14 Å². The van der Waals surface area contributed by atoms with Gasteiger partial charge in [-0.05, 0) is 36.4 Å². The number of hydrogen-bond donors (Lipinski definition) is 1. The highest BCUT2D eigenvalue weighted by Crippen LogP contribution is 2.57. The number of carbonyl (C=O) groups excluding carboxylic acids is 1. The quantitative estimate of drug-likeness (QED) is 0.649. The van der Waals surface area contributed by atoms with E-state index in [1.807, 2.05) is 18.2 Å². The third-order valence-electron chi connectivity index (χ3n) is 3.95. The fraction of sp³-hybridized carbons (Fsp3) is 0. The van der Waals surface area contributed by atoms with Gasteiger partial charge in [-0.25, -0.2) is 4.99 Å². The number of phenolic OH excluding ortho intramolecular Hbond substituents is 1. The third kappa shape index (κ3) is 2.03. The summed E-state index contributed by atoms with van der Waals surface area (Å²) in [6, 6.07) is 13.7. The Labute approximate surface area is 132 Å². The number of rotatable bonds is 1. The van der Waals surface area contributed by atoms with Crippen molar-refractivity contribution in [2.45, 2.75) is 0 Å². The van der Waals surface area contributed by atoms with E-state index in [-0.39, 0.29) is 11.5 Å². The molecule has 1 unspecified atom stereocenters. The zero-order valence-corrected chi connectivity index (χ0v) is 12.9. The Balaban J connectivity index is 2.10. The number of aromatic hydroxyl groups is 1. The molecule has 1 aliphatic carbocycles. The molecule has 4 rings (SSSR count). The van der Waals surface area contributed by atoms with E-state index in [0.29, 0.717) is 27.3 Å². The molecule has 4 nitrogen and oxygen atoms in total. The SMILES string of the molecule is O=C1C=CC2=Nc3ccc(O)cc3P(=O)(c3ccccc3)C2=C1. The standard InChI is InChI=1S/C18H12NO3P/c20-12-6-8-15-17(10-12)23(22,14-4-2-1-3-5-14)18-11-13(21)7-9-16(18)19-15/h1-11,20H. The largest absolute Gasteiger partial charge is 0.508 e. The molecular formula is C18H12NO3P. The van der Waals surface area contributed by atoms with Crippen molar-refractivity contribution in [2.24, 2.45) is 4.99 Å². The minimum absolute atomic E-state index is 0.0248. The van der Waals surface area contributed by atoms with Crippen LogP contribution in [0.5, 0.6) is 5.75 Å². The summed E-state index contributed by atoms with van der Waals surface area (Å²) in [7, 11) is -3.25. The van der Waals surface area contributed by atoms with Crippen LogP contribution in [0.25, 0.3) is 0 Å². The van der Waals surface area contributed by atoms with Crippen LogP contribution in [0.1, 0.15) is 0 Å². The number of carbonyl (C=O) groups is 1. The van der Waals surface area contributed by atoms with Gasteiger partial charge in [-0.1, -0.05) is 30.3 Å². The van der Waals surface area contributed by atoms with Crippen molar-refractivity contribution in [2.75, 3.05) is 0 Å². The second-order valence-corrected chi connectivity index (χ2v) is 8.08. The molecule has 5 heteroatoms. The molecule has 2 aromatic rings. The van der Waals surface area contributed by atoms with Crippen molar-refractivity contribution < 1.29 is 14.5 Å². The molecule has 0 saturated heterocycles. The first kappa shape index (κ1) is 13.9. The maximum absolute atomic E-state index is 14.1. The van der Waals surface area contributed by atoms with Crippen LogP contribution >= 0.6 is 7.14 Å². The van der Waals surface area contributed by atoms with Crippen LogP contribution in [-0.4, -0.2) is 16.6 Å². The number of hydrogen-bond acceptors (Lipinski definition) is 4. The second kappa shape index (κ2) is 4.90. The molecule has 1 N–H and O–H groups in total. The number of aliphatic imine (C=N–C) groups is 1. The lowest BCUT2D eigenvalue weighted by molar-refractivity contribution is -0.110. The van der Waals surface area contributed by atoms with Crippen molar-refractivity contribution in [1.82, 2.24) is 0 Å². The van der Waals surface area contributed by atoms with Gasteiger partial charge in [0, 0.05) is 15.9 Å². The van der Waals surface area contributed by atoms with Crippen LogP contribution in [0.2, 0.25) is 0 Å². The normalized spacial score (nSPS) is 22.0. The Bertz CT molecular complexity index is 971. The molecule has 112 valence electrons. The summed E-state index contributed by atoms with van der Waals surface area (Å²) < 4.78 is 14.1. The van der Waals surface area contributed by atoms with Gasteiger partial charge in [0.2, 0.25) is 0 Å². The molecule has 2 aromatic carbocycles. The maximum Gasteiger partial charge on any atom is 0.179 e. The smallest absolute Gasteiger partial charge is 0.179 e. The van der Waals surface area contributed by atoms with Crippen molar-refractivity contribution in [1.29, 1.82) is 0 Å². The number of allylic oxidation sites excluding steroid dienone is 4. The number of fused-ring (bicyclic) bond motifs is 2. The number of phenols is 1. The summed E-state index contributed by atoms with van der Waals surface area (Å²) in [4.78, 5) is 16.3. The van der Waals surface area contributed by atoms with Crippen LogP contribution in [0.15, 0.2) is 77.1 Å². The summed E-state index contributed by atoms with van der Waals surface area (Å²) in [5.74, 6) is -0.185. The van der Waals surface area contributed by atoms with Gasteiger partial charge in [-0.2, -0.15) is 0 Å². The average molecular weight is 321 g/mol. The summed E-state index contributed by atoms with van der Waals surface area (Å²) in [5, 5.41) is 11.3. The van der Waals surface area contributed by atoms with E-state index >= 15 is 0 Å². The second-order valence-electron chi connectivity index (χ2n) is 5.38. The Morgan fingerprint density at radius 1 is 1.00 bits per heavy atom. The zero-order chi connectivity index (χ0) is 16.0. The summed E-state index contributed by atoms with van der Waals surface area (Å²) in [6.45, 7) is 0. The van der Waals surface area contributed by atoms with Gasteiger partial charge >= 0.3 is 0 Å². The Morgan fingerprint density at radius 2 is 1.78 bits per heavy atom. The van der Waals surface area contributed by atoms with Gasteiger partial charge in [0.25, 0.3) is 0 Å². The topological polar surface area (TPSA) is 66.7 Å². The lowest BCUT2D eigenvalue weighted by Crippen LogP contribution is -2.26. The molecule has 23 heavy (non-hydrogen) atoms. The highest BCUT2D eigenvalue weighted by atomic mass is 31.2. The monoisotopic (exact) mass is 321 g/mol. The number of ketones is 1. The Kier molecular flexibility index (Phi) is 2.97. The van der Waals surface area contributed by atoms with Gasteiger partial charge in [0.05, 0.1) is 11.4 Å². The molecule has 0 aromatic heterocycles. The van der Waals surface area contributed by atoms with Crippen LogP contribution in [-0.2, 0) is 9.36 Å². The van der Waals surface area contributed by atoms with Gasteiger partial charge < -0.3 is 9.67 Å². The fourth-order valence-electron chi connectivity index (χ4n) is 2.88. The van der Waals surface area contributed by atoms with Gasteiger partial charge in [0.15, 0.2) is 12.9 Å². The summed E-state index contributed by atoms with van der Waals surface area (Å²) in [6.07, 6.45) is 4.41.